The van der Waals surface area contributed by atoms with Crippen molar-refractivity contribution in [2.45, 2.75) is 0 Å². The largest absolute Gasteiger partial charge is 0 e. The first kappa shape index (κ1) is 15.9. The molecule has 0 aliphatic rings. The molecule has 0 aliphatic heterocycles. The fourth-order valence-corrected chi connectivity index (χ4v) is 2.01. The zero-order valence-corrected chi connectivity index (χ0v) is 11.7. The minimum atomic E-state index is -6.63. The van der Waals surface area contributed by atoms with Crippen LogP contribution in [0.15, 0.2) is 0 Å². The smallest absolute Gasteiger partial charge is 0 e. The number of rotatable bonds is 6. The molecule has 6 nitrogen and oxygen atoms in total. The quantitative estimate of drug-likeness (QED) is 0.353. The Morgan fingerprint density at radius 2 is 0.643 bits per heavy atom. The van der Waals surface area contributed by atoms with E-state index in [1.165, 1.54) is 0 Å². The van der Waals surface area contributed by atoms with Crippen molar-refractivity contribution in [3.05, 3.63) is 0 Å². The van der Waals surface area contributed by atoms with E-state index in [1.54, 1.807) is 0 Å². The molecule has 0 amide bonds. The van der Waals surface area contributed by atoms with Crippen LogP contribution in [0.2, 0.25) is 0 Å². The average Bonchev–Trinajstić information content (AvgIpc) is 2.26. The summed E-state index contributed by atoms with van der Waals surface area (Å²) in [5.74, 6) is 0. The second-order valence-corrected chi connectivity index (χ2v) is 15.5. The van der Waals surface area contributed by atoms with Crippen LogP contribution in [-0.4, -0.2) is 28.1 Å². The van der Waals surface area contributed by atoms with Crippen LogP contribution in [-0.2, 0) is 63.4 Å². The summed E-state index contributed by atoms with van der Waals surface area (Å²) in [6.07, 6.45) is 0. The summed E-state index contributed by atoms with van der Waals surface area (Å²) in [5.41, 5.74) is 0. The molecule has 0 aromatic rings. The Hall–Kier alpha value is -0.603. The molecule has 0 bridgehead atoms. The van der Waals surface area contributed by atoms with Gasteiger partial charge in [-0.3, -0.25) is 0 Å². The van der Waals surface area contributed by atoms with Gasteiger partial charge in [-0.25, -0.2) is 0 Å². The molecular formula is C6H6MoO6W. The van der Waals surface area contributed by atoms with Gasteiger partial charge >= 0.3 is 70.4 Å². The molecule has 78 valence electrons. The third kappa shape index (κ3) is 1.43. The molecule has 0 unspecified atom stereocenters. The van der Waals surface area contributed by atoms with Gasteiger partial charge in [0, 0.05) is 21.1 Å². The van der Waals surface area contributed by atoms with Gasteiger partial charge in [0.25, 0.3) is 0 Å². The third-order valence-electron chi connectivity index (χ3n) is 1.67. The Morgan fingerprint density at radius 3 is 0.643 bits per heavy atom. The van der Waals surface area contributed by atoms with Gasteiger partial charge in [0.15, 0.2) is 0 Å². The molecule has 0 aromatic heterocycles. The van der Waals surface area contributed by atoms with Gasteiger partial charge in [0.1, 0.15) is 0 Å². The van der Waals surface area contributed by atoms with Gasteiger partial charge < -0.3 is 0 Å². The second-order valence-electron chi connectivity index (χ2n) is 2.62. The maximum absolute atomic E-state index is 10.6. The van der Waals surface area contributed by atoms with Crippen LogP contribution in [0.3, 0.4) is 0 Å². The van der Waals surface area contributed by atoms with Crippen molar-refractivity contribution in [1.82, 2.24) is 0 Å². The van der Waals surface area contributed by atoms with Crippen molar-refractivity contribution in [2.75, 3.05) is 0 Å². The normalized spacial score (nSPS) is 14.6. The van der Waals surface area contributed by atoms with Crippen LogP contribution in [0, 0.1) is 0 Å². The van der Waals surface area contributed by atoms with Crippen LogP contribution in [0.1, 0.15) is 0 Å². The standard InChI is InChI=1S/6CHO.Mo.W/c6*1-2;;/h6*1H;;. The molecule has 14 heavy (non-hydrogen) atoms. The van der Waals surface area contributed by atoms with Crippen LogP contribution in [0.25, 0.3) is 0 Å². The second kappa shape index (κ2) is 3.87. The predicted molar refractivity (Wildman–Crippen MR) is 40.5 cm³/mol. The minimum Gasteiger partial charge on any atom is 0 e. The third-order valence-corrected chi connectivity index (χ3v) is 9.86. The monoisotopic (exact) mass is 456 g/mol. The minimum absolute atomic E-state index is 0. The Labute approximate surface area is 91.1 Å². The molecule has 0 saturated carbocycles. The van der Waals surface area contributed by atoms with E-state index in [0.29, 0.717) is 0 Å². The van der Waals surface area contributed by atoms with Gasteiger partial charge in [-0.15, -0.1) is 0 Å². The number of carbonyl (C=O) groups excluding carboxylic acids is 6. The molecule has 0 fully saturated rings. The number of carbonyl (C=O) groups is 6. The summed E-state index contributed by atoms with van der Waals surface area (Å²) in [7, 11) is 0. The van der Waals surface area contributed by atoms with E-state index in [4.69, 9.17) is 0 Å². The van der Waals surface area contributed by atoms with Crippen LogP contribution >= 0.6 is 0 Å². The van der Waals surface area contributed by atoms with E-state index >= 15 is 0 Å². The Kier molecular flexibility index (Phi) is 4.38. The van der Waals surface area contributed by atoms with Crippen LogP contribution < -0.4 is 0 Å². The van der Waals surface area contributed by atoms with E-state index in [2.05, 4.69) is 0 Å². The van der Waals surface area contributed by atoms with Crippen molar-refractivity contribution >= 4 is 28.1 Å². The van der Waals surface area contributed by atoms with Crippen molar-refractivity contribution in [3.8, 4) is 0 Å². The molecular weight excluding hydrogens is 448 g/mol. The van der Waals surface area contributed by atoms with Crippen molar-refractivity contribution in [1.29, 1.82) is 0 Å². The van der Waals surface area contributed by atoms with Gasteiger partial charge in [0.2, 0.25) is 0 Å². The van der Waals surface area contributed by atoms with Gasteiger partial charge in [0.05, 0.1) is 0 Å². The molecule has 0 aromatic carbocycles. The van der Waals surface area contributed by atoms with E-state index in [-0.39, 0.29) is 21.1 Å². The first-order valence-corrected chi connectivity index (χ1v) is 9.78. The molecule has 0 heterocycles. The molecule has 8 heteroatoms. The van der Waals surface area contributed by atoms with Gasteiger partial charge in [-0.2, -0.15) is 0 Å². The summed E-state index contributed by atoms with van der Waals surface area (Å²) in [6, 6.07) is 0. The molecule has 0 spiro atoms. The van der Waals surface area contributed by atoms with E-state index < -0.39 is 41.6 Å². The number of hydrogen-bond donors (Lipinski definition) is 0. The van der Waals surface area contributed by atoms with E-state index in [9.17, 15) is 28.8 Å². The number of hydrogen-bond acceptors (Lipinski definition) is 6. The maximum atomic E-state index is 10.6. The molecule has 0 rings (SSSR count). The first-order valence-electron chi connectivity index (χ1n) is 2.83. The Bertz CT molecular complexity index is 238. The predicted octanol–water partition coefficient (Wildman–Crippen LogP) is -1.65. The fourth-order valence-electron chi connectivity index (χ4n) is 0.340. The molecule has 0 atom stereocenters. The van der Waals surface area contributed by atoms with Crippen molar-refractivity contribution in [3.63, 3.8) is 0 Å². The Morgan fingerprint density at radius 1 is 0.500 bits per heavy atom. The van der Waals surface area contributed by atoms with Crippen molar-refractivity contribution < 1.29 is 63.4 Å². The first-order chi connectivity index (χ1) is 5.97. The zero-order chi connectivity index (χ0) is 10.7. The molecule has 0 radical (unpaired) electrons. The topological polar surface area (TPSA) is 102 Å². The Balaban J connectivity index is 0. The summed E-state index contributed by atoms with van der Waals surface area (Å²) < 4.78 is -2.36. The SMILES string of the molecule is O=[CH][Mo]([CH]=O)([CH]=O)([CH]=O)([CH]=O)[CH]=O.[W]. The summed E-state index contributed by atoms with van der Waals surface area (Å²) >= 11 is -6.63. The van der Waals surface area contributed by atoms with Crippen molar-refractivity contribution in [2.24, 2.45) is 0 Å². The molecule has 0 aliphatic carbocycles. The zero-order valence-electron chi connectivity index (χ0n) is 6.73. The van der Waals surface area contributed by atoms with Gasteiger partial charge in [-0.1, -0.05) is 0 Å². The van der Waals surface area contributed by atoms with Crippen LogP contribution in [0.4, 0.5) is 0 Å². The van der Waals surface area contributed by atoms with E-state index in [0.717, 1.165) is 0 Å². The van der Waals surface area contributed by atoms with E-state index in [1.807, 2.05) is 0 Å². The molecule has 0 saturated heterocycles. The summed E-state index contributed by atoms with van der Waals surface area (Å²) in [4.78, 5) is 63.3. The van der Waals surface area contributed by atoms with Gasteiger partial charge in [-0.05, 0) is 0 Å². The summed E-state index contributed by atoms with van der Waals surface area (Å²) in [6.45, 7) is 0. The maximum Gasteiger partial charge on any atom is 0 e. The average molecular weight is 454 g/mol. The van der Waals surface area contributed by atoms with Crippen LogP contribution in [0.5, 0.6) is 0 Å². The summed E-state index contributed by atoms with van der Waals surface area (Å²) in [5, 5.41) is 0. The molecule has 0 N–H and O–H groups in total. The fraction of sp³-hybridized carbons (Fsp3) is 0.